The summed E-state index contributed by atoms with van der Waals surface area (Å²) in [5.41, 5.74) is 0. The van der Waals surface area contributed by atoms with Crippen molar-refractivity contribution in [3.8, 4) is 0 Å². The molecule has 15 heavy (non-hydrogen) atoms. The summed E-state index contributed by atoms with van der Waals surface area (Å²) in [7, 11) is 0. The van der Waals surface area contributed by atoms with Crippen molar-refractivity contribution >= 4 is 6.09 Å². The van der Waals surface area contributed by atoms with Gasteiger partial charge in [-0.15, -0.1) is 0 Å². The molecule has 0 radical (unpaired) electrons. The molecule has 0 spiro atoms. The number of nitrogens with zero attached hydrogens (tertiary/aromatic N) is 1. The van der Waals surface area contributed by atoms with Crippen LogP contribution in [0.1, 0.15) is 26.7 Å². The lowest BCUT2D eigenvalue weighted by molar-refractivity contribution is 0.0232. The van der Waals surface area contributed by atoms with Crippen molar-refractivity contribution in [2.75, 3.05) is 19.8 Å². The zero-order valence-electron chi connectivity index (χ0n) is 9.44. The maximum Gasteiger partial charge on any atom is 0.424 e. The Morgan fingerprint density at radius 1 is 1.53 bits per heavy atom. The second-order valence-corrected chi connectivity index (χ2v) is 4.22. The molecule has 1 heterocycles. The first-order chi connectivity index (χ1) is 7.11. The minimum atomic E-state index is -0.435. The fourth-order valence-corrected chi connectivity index (χ4v) is 1.42. The van der Waals surface area contributed by atoms with Crippen LogP contribution in [0.2, 0.25) is 0 Å². The van der Waals surface area contributed by atoms with Gasteiger partial charge in [0.2, 0.25) is 0 Å². The van der Waals surface area contributed by atoms with Crippen LogP contribution in [0.5, 0.6) is 0 Å². The zero-order chi connectivity index (χ0) is 11.3. The van der Waals surface area contributed by atoms with Gasteiger partial charge in [-0.3, -0.25) is 0 Å². The topological polar surface area (TPSA) is 64.8 Å². The second-order valence-electron chi connectivity index (χ2n) is 4.22. The van der Waals surface area contributed by atoms with Crippen LogP contribution in [0.15, 0.2) is 0 Å². The number of hydrogen-bond acceptors (Lipinski definition) is 4. The first kappa shape index (κ1) is 12.3. The molecule has 0 atom stereocenters. The molecule has 5 nitrogen and oxygen atoms in total. The van der Waals surface area contributed by atoms with Gasteiger partial charge in [0.25, 0.3) is 0 Å². The van der Waals surface area contributed by atoms with Gasteiger partial charge in [0.15, 0.2) is 0 Å². The summed E-state index contributed by atoms with van der Waals surface area (Å²) in [4.78, 5) is 11.5. The van der Waals surface area contributed by atoms with Gasteiger partial charge in [-0.25, -0.2) is 15.6 Å². The van der Waals surface area contributed by atoms with Gasteiger partial charge >= 0.3 is 6.09 Å². The fraction of sp³-hybridized carbons (Fsp3) is 0.900. The number of carbonyl (C=O) groups excluding carboxylic acids is 1. The Morgan fingerprint density at radius 2 is 2.13 bits per heavy atom. The van der Waals surface area contributed by atoms with Gasteiger partial charge in [0, 0.05) is 13.2 Å². The molecule has 0 saturated carbocycles. The molecule has 0 aromatic heterocycles. The van der Waals surface area contributed by atoms with E-state index in [1.165, 1.54) is 5.01 Å². The second kappa shape index (κ2) is 5.92. The molecule has 1 rings (SSSR count). The molecule has 2 N–H and O–H groups in total. The Hall–Kier alpha value is -0.810. The number of carbonyl (C=O) groups is 1. The van der Waals surface area contributed by atoms with E-state index in [1.807, 2.05) is 13.8 Å². The third kappa shape index (κ3) is 4.05. The largest absolute Gasteiger partial charge is 0.448 e. The highest BCUT2D eigenvalue weighted by molar-refractivity contribution is 5.67. The monoisotopic (exact) mass is 216 g/mol. The molecule has 1 saturated heterocycles. The van der Waals surface area contributed by atoms with Crippen molar-refractivity contribution in [3.63, 3.8) is 0 Å². The summed E-state index contributed by atoms with van der Waals surface area (Å²) < 4.78 is 10.2. The maximum atomic E-state index is 11.5. The highest BCUT2D eigenvalue weighted by Gasteiger charge is 2.24. The lowest BCUT2D eigenvalue weighted by Gasteiger charge is -2.29. The first-order valence-electron chi connectivity index (χ1n) is 5.39. The fourth-order valence-electron chi connectivity index (χ4n) is 1.42. The van der Waals surface area contributed by atoms with Crippen LogP contribution in [-0.2, 0) is 9.47 Å². The number of hydrogen-bond donors (Lipinski definition) is 1. The van der Waals surface area contributed by atoms with Crippen molar-refractivity contribution in [2.24, 2.45) is 11.8 Å². The predicted molar refractivity (Wildman–Crippen MR) is 56.1 cm³/mol. The molecule has 1 fully saturated rings. The van der Waals surface area contributed by atoms with Gasteiger partial charge in [-0.2, -0.15) is 0 Å². The van der Waals surface area contributed by atoms with Crippen LogP contribution in [0.4, 0.5) is 4.79 Å². The van der Waals surface area contributed by atoms with E-state index in [0.29, 0.717) is 25.7 Å². The van der Waals surface area contributed by atoms with Crippen LogP contribution in [0.25, 0.3) is 0 Å². The Bertz CT molecular complexity index is 203. The molecule has 0 aliphatic carbocycles. The zero-order valence-corrected chi connectivity index (χ0v) is 9.44. The van der Waals surface area contributed by atoms with Gasteiger partial charge < -0.3 is 9.47 Å². The summed E-state index contributed by atoms with van der Waals surface area (Å²) in [5, 5.41) is 1.20. The summed E-state index contributed by atoms with van der Waals surface area (Å²) in [5.74, 6) is 6.01. The van der Waals surface area contributed by atoms with Gasteiger partial charge in [0.05, 0.1) is 12.6 Å². The third-order valence-corrected chi connectivity index (χ3v) is 2.34. The molecule has 0 unspecified atom stereocenters. The third-order valence-electron chi connectivity index (χ3n) is 2.34. The minimum Gasteiger partial charge on any atom is -0.448 e. The first-order valence-corrected chi connectivity index (χ1v) is 5.39. The Morgan fingerprint density at radius 3 is 2.67 bits per heavy atom. The molecule has 1 amide bonds. The molecule has 1 aliphatic rings. The highest BCUT2D eigenvalue weighted by Crippen LogP contribution is 2.12. The van der Waals surface area contributed by atoms with Crippen molar-refractivity contribution in [2.45, 2.75) is 32.7 Å². The van der Waals surface area contributed by atoms with Crippen LogP contribution >= 0.6 is 0 Å². The predicted octanol–water partition coefficient (Wildman–Crippen LogP) is 1.13. The normalized spacial score (nSPS) is 17.9. The van der Waals surface area contributed by atoms with Crippen molar-refractivity contribution in [1.29, 1.82) is 0 Å². The molecule has 1 aliphatic heterocycles. The average Bonchev–Trinajstić information content (AvgIpc) is 2.26. The smallest absolute Gasteiger partial charge is 0.424 e. The Labute approximate surface area is 90.5 Å². The molecular formula is C10H20N2O3. The highest BCUT2D eigenvalue weighted by atomic mass is 16.6. The van der Waals surface area contributed by atoms with Crippen molar-refractivity contribution < 1.29 is 14.3 Å². The summed E-state index contributed by atoms with van der Waals surface area (Å²) >= 11 is 0. The summed E-state index contributed by atoms with van der Waals surface area (Å²) in [6.45, 7) is 5.71. The quantitative estimate of drug-likeness (QED) is 0.436. The van der Waals surface area contributed by atoms with E-state index in [4.69, 9.17) is 15.3 Å². The van der Waals surface area contributed by atoms with E-state index in [2.05, 4.69) is 0 Å². The summed E-state index contributed by atoms with van der Waals surface area (Å²) in [6.07, 6.45) is 1.14. The van der Waals surface area contributed by atoms with Gasteiger partial charge in [0.1, 0.15) is 0 Å². The van der Waals surface area contributed by atoms with E-state index >= 15 is 0 Å². The van der Waals surface area contributed by atoms with E-state index in [1.54, 1.807) is 0 Å². The van der Waals surface area contributed by atoms with Gasteiger partial charge in [-0.05, 0) is 18.8 Å². The molecule has 5 heteroatoms. The van der Waals surface area contributed by atoms with Gasteiger partial charge in [-0.1, -0.05) is 13.8 Å². The van der Waals surface area contributed by atoms with Crippen molar-refractivity contribution in [3.05, 3.63) is 0 Å². The van der Waals surface area contributed by atoms with E-state index in [-0.39, 0.29) is 6.04 Å². The average molecular weight is 216 g/mol. The number of hydrazine groups is 1. The molecule has 0 aromatic rings. The SMILES string of the molecule is CC(C)COC(=O)N(N)C1CCOCC1. The van der Waals surface area contributed by atoms with Crippen LogP contribution in [0.3, 0.4) is 0 Å². The van der Waals surface area contributed by atoms with E-state index in [0.717, 1.165) is 12.8 Å². The molecular weight excluding hydrogens is 196 g/mol. The Balaban J connectivity index is 2.30. The maximum absolute atomic E-state index is 11.5. The van der Waals surface area contributed by atoms with Crippen molar-refractivity contribution in [1.82, 2.24) is 5.01 Å². The van der Waals surface area contributed by atoms with Crippen LogP contribution in [0, 0.1) is 5.92 Å². The number of rotatable bonds is 3. The van der Waals surface area contributed by atoms with Crippen LogP contribution in [-0.4, -0.2) is 37.0 Å². The molecule has 88 valence electrons. The van der Waals surface area contributed by atoms with E-state index in [9.17, 15) is 4.79 Å². The molecule has 0 bridgehead atoms. The Kier molecular flexibility index (Phi) is 4.84. The standard InChI is InChI=1S/C10H20N2O3/c1-8(2)7-15-10(13)12(11)9-3-5-14-6-4-9/h8-9H,3-7,11H2,1-2H3. The lowest BCUT2D eigenvalue weighted by atomic mass is 10.1. The minimum absolute atomic E-state index is 0.0541. The number of ether oxygens (including phenoxy) is 2. The molecule has 0 aromatic carbocycles. The number of amides is 1. The van der Waals surface area contributed by atoms with E-state index < -0.39 is 6.09 Å². The summed E-state index contributed by atoms with van der Waals surface area (Å²) in [6, 6.07) is 0.0541. The van der Waals surface area contributed by atoms with Crippen LogP contribution < -0.4 is 5.84 Å². The lowest BCUT2D eigenvalue weighted by Crippen LogP contribution is -2.48. The number of nitrogens with two attached hydrogens (primary N) is 1.